The van der Waals surface area contributed by atoms with E-state index in [1.165, 1.54) is 4.90 Å². The maximum atomic E-state index is 12.0. The zero-order chi connectivity index (χ0) is 14.6. The van der Waals surface area contributed by atoms with Gasteiger partial charge in [0, 0.05) is 6.54 Å². The van der Waals surface area contributed by atoms with Crippen molar-refractivity contribution in [3.05, 3.63) is 0 Å². The minimum Gasteiger partial charge on any atom is -0.480 e. The minimum atomic E-state index is -3.46. The first-order valence-electron chi connectivity index (χ1n) is 6.45. The number of piperidine rings is 1. The molecule has 0 aromatic heterocycles. The summed E-state index contributed by atoms with van der Waals surface area (Å²) in [6.07, 6.45) is 1.87. The van der Waals surface area contributed by atoms with Crippen LogP contribution < -0.4 is 0 Å². The maximum Gasteiger partial charge on any atom is 0.326 e. The summed E-state index contributed by atoms with van der Waals surface area (Å²) in [5.41, 5.74) is 0. The van der Waals surface area contributed by atoms with E-state index in [0.717, 1.165) is 12.8 Å². The third kappa shape index (κ3) is 4.81. The molecule has 1 atom stereocenters. The lowest BCUT2D eigenvalue weighted by Crippen LogP contribution is -2.50. The summed E-state index contributed by atoms with van der Waals surface area (Å²) in [5.74, 6) is -2.34. The van der Waals surface area contributed by atoms with Gasteiger partial charge >= 0.3 is 5.97 Å². The van der Waals surface area contributed by atoms with Gasteiger partial charge in [-0.05, 0) is 25.2 Å². The Bertz CT molecular complexity index is 443. The van der Waals surface area contributed by atoms with Crippen LogP contribution in [0, 0.1) is 5.92 Å². The maximum absolute atomic E-state index is 12.0. The van der Waals surface area contributed by atoms with Crippen LogP contribution in [0.15, 0.2) is 0 Å². The molecule has 0 radical (unpaired) electrons. The summed E-state index contributed by atoms with van der Waals surface area (Å²) in [7, 11) is -3.46. The number of aliphatic carboxylic acids is 1. The minimum absolute atomic E-state index is 0.0468. The van der Waals surface area contributed by atoms with E-state index in [-0.39, 0.29) is 11.7 Å². The fourth-order valence-electron chi connectivity index (χ4n) is 2.32. The van der Waals surface area contributed by atoms with Gasteiger partial charge in [-0.25, -0.2) is 13.2 Å². The van der Waals surface area contributed by atoms with E-state index in [1.807, 2.05) is 0 Å². The predicted molar refractivity (Wildman–Crippen MR) is 70.5 cm³/mol. The fraction of sp³-hybridized carbons (Fsp3) is 0.833. The molecule has 1 amide bonds. The number of hydrogen-bond donors (Lipinski definition) is 1. The molecule has 0 unspecified atom stereocenters. The lowest BCUT2D eigenvalue weighted by atomic mass is 10.0. The van der Waals surface area contributed by atoms with E-state index in [1.54, 1.807) is 13.8 Å². The topological polar surface area (TPSA) is 91.8 Å². The van der Waals surface area contributed by atoms with Crippen molar-refractivity contribution in [3.8, 4) is 0 Å². The third-order valence-electron chi connectivity index (χ3n) is 3.04. The Morgan fingerprint density at radius 3 is 2.47 bits per heavy atom. The van der Waals surface area contributed by atoms with Gasteiger partial charge < -0.3 is 10.0 Å². The SMILES string of the molecule is CC(C)CS(=O)(=O)CC(=O)N1CCCC[C@H]1C(=O)O. The Labute approximate surface area is 113 Å². The van der Waals surface area contributed by atoms with Crippen molar-refractivity contribution < 1.29 is 23.1 Å². The molecule has 19 heavy (non-hydrogen) atoms. The Balaban J connectivity index is 2.73. The summed E-state index contributed by atoms with van der Waals surface area (Å²) in [6.45, 7) is 3.86. The second-order valence-electron chi connectivity index (χ2n) is 5.39. The van der Waals surface area contributed by atoms with E-state index < -0.39 is 33.5 Å². The Morgan fingerprint density at radius 2 is 1.95 bits per heavy atom. The van der Waals surface area contributed by atoms with Crippen molar-refractivity contribution in [1.82, 2.24) is 4.90 Å². The Hall–Kier alpha value is -1.11. The van der Waals surface area contributed by atoms with E-state index in [4.69, 9.17) is 5.11 Å². The van der Waals surface area contributed by atoms with Crippen LogP contribution in [0.1, 0.15) is 33.1 Å². The summed E-state index contributed by atoms with van der Waals surface area (Å²) in [6, 6.07) is -0.879. The lowest BCUT2D eigenvalue weighted by molar-refractivity contribution is -0.151. The largest absolute Gasteiger partial charge is 0.480 e. The second-order valence-corrected chi connectivity index (χ2v) is 7.49. The molecule has 1 rings (SSSR count). The lowest BCUT2D eigenvalue weighted by Gasteiger charge is -2.32. The highest BCUT2D eigenvalue weighted by atomic mass is 32.2. The standard InChI is InChI=1S/C12H21NO5S/c1-9(2)7-19(17,18)8-11(14)13-6-4-3-5-10(13)12(15)16/h9-10H,3-8H2,1-2H3,(H,15,16)/t10-/m0/s1. The van der Waals surface area contributed by atoms with E-state index in [2.05, 4.69) is 0 Å². The molecular weight excluding hydrogens is 270 g/mol. The second kappa shape index (κ2) is 6.36. The number of carbonyl (C=O) groups excluding carboxylic acids is 1. The van der Waals surface area contributed by atoms with Gasteiger partial charge in [-0.1, -0.05) is 13.8 Å². The summed E-state index contributed by atoms with van der Waals surface area (Å²) in [4.78, 5) is 24.3. The molecule has 0 aromatic carbocycles. The molecule has 6 nitrogen and oxygen atoms in total. The first-order chi connectivity index (χ1) is 8.73. The number of hydrogen-bond acceptors (Lipinski definition) is 4. The molecule has 7 heteroatoms. The number of carbonyl (C=O) groups is 2. The van der Waals surface area contributed by atoms with Crippen LogP contribution in [-0.4, -0.2) is 54.4 Å². The van der Waals surface area contributed by atoms with Gasteiger partial charge in [-0.15, -0.1) is 0 Å². The fourth-order valence-corrected chi connectivity index (χ4v) is 4.00. The van der Waals surface area contributed by atoms with Gasteiger partial charge in [0.05, 0.1) is 5.75 Å². The molecule has 1 aliphatic rings. The molecule has 1 aliphatic heterocycles. The van der Waals surface area contributed by atoms with Crippen molar-refractivity contribution in [2.24, 2.45) is 5.92 Å². The molecule has 0 bridgehead atoms. The van der Waals surface area contributed by atoms with Crippen LogP contribution in [0.2, 0.25) is 0 Å². The van der Waals surface area contributed by atoms with Crippen LogP contribution in [0.25, 0.3) is 0 Å². The Morgan fingerprint density at radius 1 is 1.32 bits per heavy atom. The molecule has 1 N–H and O–H groups in total. The zero-order valence-electron chi connectivity index (χ0n) is 11.3. The molecule has 1 saturated heterocycles. The number of carboxylic acids is 1. The molecular formula is C12H21NO5S. The van der Waals surface area contributed by atoms with Crippen LogP contribution in [-0.2, 0) is 19.4 Å². The highest BCUT2D eigenvalue weighted by molar-refractivity contribution is 7.92. The van der Waals surface area contributed by atoms with Crippen molar-refractivity contribution in [2.45, 2.75) is 39.2 Å². The monoisotopic (exact) mass is 291 g/mol. The number of likely N-dealkylation sites (tertiary alicyclic amines) is 1. The van der Waals surface area contributed by atoms with Gasteiger partial charge in [-0.2, -0.15) is 0 Å². The summed E-state index contributed by atoms with van der Waals surface area (Å²) < 4.78 is 23.6. The number of nitrogens with zero attached hydrogens (tertiary/aromatic N) is 1. The average molecular weight is 291 g/mol. The van der Waals surface area contributed by atoms with Crippen LogP contribution in [0.4, 0.5) is 0 Å². The van der Waals surface area contributed by atoms with Crippen LogP contribution >= 0.6 is 0 Å². The molecule has 1 fully saturated rings. The van der Waals surface area contributed by atoms with Crippen LogP contribution in [0.3, 0.4) is 0 Å². The highest BCUT2D eigenvalue weighted by Gasteiger charge is 2.33. The molecule has 0 saturated carbocycles. The predicted octanol–water partition coefficient (Wildman–Crippen LogP) is 0.523. The van der Waals surface area contributed by atoms with Gasteiger partial charge in [-0.3, -0.25) is 4.79 Å². The molecule has 110 valence electrons. The summed E-state index contributed by atoms with van der Waals surface area (Å²) in [5, 5.41) is 9.06. The van der Waals surface area contributed by atoms with E-state index in [0.29, 0.717) is 13.0 Å². The summed E-state index contributed by atoms with van der Waals surface area (Å²) >= 11 is 0. The smallest absolute Gasteiger partial charge is 0.326 e. The van der Waals surface area contributed by atoms with Crippen LogP contribution in [0.5, 0.6) is 0 Å². The Kier molecular flexibility index (Phi) is 5.34. The number of amides is 1. The number of sulfone groups is 1. The van der Waals surface area contributed by atoms with Crippen molar-refractivity contribution in [2.75, 3.05) is 18.1 Å². The van der Waals surface area contributed by atoms with Crippen molar-refractivity contribution in [3.63, 3.8) is 0 Å². The van der Waals surface area contributed by atoms with Gasteiger partial charge in [0.1, 0.15) is 11.8 Å². The van der Waals surface area contributed by atoms with Gasteiger partial charge in [0.25, 0.3) is 0 Å². The van der Waals surface area contributed by atoms with E-state index in [9.17, 15) is 18.0 Å². The van der Waals surface area contributed by atoms with Gasteiger partial charge in [0.15, 0.2) is 9.84 Å². The molecule has 1 heterocycles. The van der Waals surface area contributed by atoms with Crippen molar-refractivity contribution >= 4 is 21.7 Å². The molecule has 0 aliphatic carbocycles. The quantitative estimate of drug-likeness (QED) is 0.797. The zero-order valence-corrected chi connectivity index (χ0v) is 12.1. The van der Waals surface area contributed by atoms with E-state index >= 15 is 0 Å². The van der Waals surface area contributed by atoms with Gasteiger partial charge in [0.2, 0.25) is 5.91 Å². The highest BCUT2D eigenvalue weighted by Crippen LogP contribution is 2.18. The number of carboxylic acid groups (broad SMARTS) is 1. The number of rotatable bonds is 5. The third-order valence-corrected chi connectivity index (χ3v) is 4.90. The molecule has 0 aromatic rings. The van der Waals surface area contributed by atoms with Crippen molar-refractivity contribution in [1.29, 1.82) is 0 Å². The molecule has 0 spiro atoms. The first-order valence-corrected chi connectivity index (χ1v) is 8.28. The normalized spacial score (nSPS) is 20.6. The first kappa shape index (κ1) is 15.9. The average Bonchev–Trinajstić information content (AvgIpc) is 2.26.